The maximum absolute atomic E-state index is 6.00. The molecule has 2 aromatic heterocycles. The van der Waals surface area contributed by atoms with E-state index in [0.29, 0.717) is 11.9 Å². The molecule has 0 aromatic carbocycles. The summed E-state index contributed by atoms with van der Waals surface area (Å²) in [6, 6.07) is 0.597. The van der Waals surface area contributed by atoms with Gasteiger partial charge < -0.3 is 14.3 Å². The van der Waals surface area contributed by atoms with Gasteiger partial charge in [-0.05, 0) is 37.8 Å². The minimum atomic E-state index is 0.0145. The van der Waals surface area contributed by atoms with Crippen LogP contribution in [0, 0.1) is 0 Å². The second kappa shape index (κ2) is 6.97. The molecule has 5 rings (SSSR count). The lowest BCUT2D eigenvalue weighted by Gasteiger charge is -2.33. The molecule has 2 aromatic rings. The molecule has 2 aliphatic heterocycles. The second-order valence-electron chi connectivity index (χ2n) is 7.37. The third-order valence-corrected chi connectivity index (χ3v) is 5.67. The Morgan fingerprint density at radius 1 is 1.39 bits per heavy atom. The number of allylic oxidation sites excluding steroid dienone is 3. The average molecular weight is 395 g/mol. The van der Waals surface area contributed by atoms with Crippen LogP contribution >= 0.6 is 0 Å². The first-order valence-electron chi connectivity index (χ1n) is 9.55. The van der Waals surface area contributed by atoms with Gasteiger partial charge in [-0.1, -0.05) is 21.7 Å². The highest BCUT2D eigenvalue weighted by molar-refractivity contribution is 7.47. The summed E-state index contributed by atoms with van der Waals surface area (Å²) >= 11 is 4.93. The van der Waals surface area contributed by atoms with Crippen LogP contribution < -0.4 is 4.90 Å². The predicted octanol–water partition coefficient (Wildman–Crippen LogP) is 3.47. The van der Waals surface area contributed by atoms with Gasteiger partial charge in [0.05, 0.1) is 36.2 Å². The molecule has 28 heavy (non-hydrogen) atoms. The van der Waals surface area contributed by atoms with E-state index in [1.807, 2.05) is 12.3 Å². The van der Waals surface area contributed by atoms with Crippen molar-refractivity contribution in [2.45, 2.75) is 44.6 Å². The zero-order valence-corrected chi connectivity index (χ0v) is 16.4. The van der Waals surface area contributed by atoms with Crippen molar-refractivity contribution in [1.29, 1.82) is 0 Å². The highest BCUT2D eigenvalue weighted by Gasteiger charge is 2.35. The second-order valence-corrected chi connectivity index (χ2v) is 7.53. The van der Waals surface area contributed by atoms with Crippen molar-refractivity contribution in [2.75, 3.05) is 11.4 Å². The summed E-state index contributed by atoms with van der Waals surface area (Å²) in [6.07, 6.45) is 13.7. The van der Waals surface area contributed by atoms with Gasteiger partial charge in [0.2, 0.25) is 5.89 Å². The molecule has 0 bridgehead atoms. The number of imidazole rings is 1. The molecule has 1 atom stereocenters. The lowest BCUT2D eigenvalue weighted by molar-refractivity contribution is 0.448. The first-order valence-corrected chi connectivity index (χ1v) is 9.91. The number of rotatable bonds is 5. The Bertz CT molecular complexity index is 984. The zero-order chi connectivity index (χ0) is 19.1. The number of H-pyrrole nitrogens is 1. The molecule has 9 heteroatoms. The van der Waals surface area contributed by atoms with Gasteiger partial charge in [0.25, 0.3) is 0 Å². The number of nitrogens with zero attached hydrogens (tertiary/aromatic N) is 6. The molecule has 3 aliphatic rings. The third-order valence-electron chi connectivity index (χ3n) is 5.50. The monoisotopic (exact) mass is 395 g/mol. The van der Waals surface area contributed by atoms with E-state index in [4.69, 9.17) is 16.8 Å². The summed E-state index contributed by atoms with van der Waals surface area (Å²) in [5.74, 6) is 1.20. The minimum absolute atomic E-state index is 0.0145. The lowest BCUT2D eigenvalue weighted by atomic mass is 9.98. The molecule has 1 aliphatic carbocycles. The minimum Gasteiger partial charge on any atom is -0.408 e. The summed E-state index contributed by atoms with van der Waals surface area (Å²) in [5, 5.41) is 10.3. The normalized spacial score (nSPS) is 23.1. The Kier molecular flexibility index (Phi) is 4.31. The van der Waals surface area contributed by atoms with Gasteiger partial charge in [0, 0.05) is 30.8 Å². The molecule has 0 radical (unpaired) electrons. The lowest BCUT2D eigenvalue weighted by Crippen LogP contribution is -2.36. The van der Waals surface area contributed by atoms with Gasteiger partial charge in [-0.3, -0.25) is 0 Å². The van der Waals surface area contributed by atoms with E-state index >= 15 is 0 Å². The molecular weight excluding hydrogens is 374 g/mol. The quantitative estimate of drug-likeness (QED) is 0.829. The number of anilines is 1. The van der Waals surface area contributed by atoms with Crippen LogP contribution in [0.25, 0.3) is 0 Å². The van der Waals surface area contributed by atoms with E-state index in [0.717, 1.165) is 55.1 Å². The fourth-order valence-electron chi connectivity index (χ4n) is 3.82. The van der Waals surface area contributed by atoms with Crippen molar-refractivity contribution < 1.29 is 4.42 Å². The molecule has 0 amide bonds. The molecule has 8 nitrogen and oxygen atoms in total. The van der Waals surface area contributed by atoms with Crippen LogP contribution in [0.4, 0.5) is 6.01 Å². The van der Waals surface area contributed by atoms with Crippen molar-refractivity contribution in [1.82, 2.24) is 25.2 Å². The standard InChI is InChI=1S/C19H21N7OS/c1-12-3-2-9-26(24-28)15(12)6-7-16-17-14(20-11-21-17)8-10-25(16)19-23-22-18(27-19)13-4-5-13/h2-3,6,9,11,13,16H,4-5,7-8,10H2,1H3,(H,20,21)/b15-6-/t16-/m0/s1. The zero-order valence-electron chi connectivity index (χ0n) is 15.6. The third kappa shape index (κ3) is 3.05. The highest BCUT2D eigenvalue weighted by atomic mass is 32.1. The van der Waals surface area contributed by atoms with E-state index in [2.05, 4.69) is 48.6 Å². The smallest absolute Gasteiger partial charge is 0.318 e. The predicted molar refractivity (Wildman–Crippen MR) is 106 cm³/mol. The van der Waals surface area contributed by atoms with Crippen LogP contribution in [0.2, 0.25) is 0 Å². The van der Waals surface area contributed by atoms with Crippen molar-refractivity contribution in [3.63, 3.8) is 0 Å². The highest BCUT2D eigenvalue weighted by Crippen LogP contribution is 2.41. The average Bonchev–Trinajstić information content (AvgIpc) is 3.25. The summed E-state index contributed by atoms with van der Waals surface area (Å²) in [7, 11) is 0. The molecular formula is C19H21N7OS. The van der Waals surface area contributed by atoms with E-state index in [1.165, 1.54) is 5.69 Å². The first kappa shape index (κ1) is 17.3. The van der Waals surface area contributed by atoms with Gasteiger partial charge in [-0.15, -0.1) is 5.10 Å². The Balaban J connectivity index is 1.46. The Hall–Kier alpha value is -2.81. The molecule has 0 saturated heterocycles. The molecule has 0 unspecified atom stereocenters. The number of hydrogen-bond acceptors (Lipinski definition) is 7. The molecule has 4 heterocycles. The summed E-state index contributed by atoms with van der Waals surface area (Å²) in [4.78, 5) is 10.0. The van der Waals surface area contributed by atoms with Crippen molar-refractivity contribution in [3.8, 4) is 0 Å². The van der Waals surface area contributed by atoms with Gasteiger partial charge >= 0.3 is 6.01 Å². The number of hydrogen-bond donors (Lipinski definition) is 1. The number of aromatic nitrogens is 4. The van der Waals surface area contributed by atoms with E-state index in [9.17, 15) is 0 Å². The molecule has 1 N–H and O–H groups in total. The topological polar surface area (TPSA) is 86.4 Å². The molecule has 0 spiro atoms. The van der Waals surface area contributed by atoms with Gasteiger partial charge in [0.1, 0.15) is 0 Å². The maximum Gasteiger partial charge on any atom is 0.318 e. The Labute approximate surface area is 168 Å². The maximum atomic E-state index is 6.00. The number of nitrogens with one attached hydrogen (secondary N) is 1. The van der Waals surface area contributed by atoms with Crippen molar-refractivity contribution in [2.24, 2.45) is 4.47 Å². The van der Waals surface area contributed by atoms with Gasteiger partial charge in [-0.25, -0.2) is 9.99 Å². The van der Waals surface area contributed by atoms with E-state index in [-0.39, 0.29) is 6.04 Å². The number of fused-ring (bicyclic) bond motifs is 1. The summed E-state index contributed by atoms with van der Waals surface area (Å²) in [5.41, 5.74) is 4.31. The van der Waals surface area contributed by atoms with E-state index < -0.39 is 0 Å². The number of aromatic amines is 1. The summed E-state index contributed by atoms with van der Waals surface area (Å²) in [6.45, 7) is 2.86. The van der Waals surface area contributed by atoms with Crippen molar-refractivity contribution >= 4 is 18.4 Å². The fraction of sp³-hybridized carbons (Fsp3) is 0.421. The van der Waals surface area contributed by atoms with Crippen LogP contribution in [0.3, 0.4) is 0 Å². The first-order chi connectivity index (χ1) is 13.7. The van der Waals surface area contributed by atoms with Crippen LogP contribution in [0.15, 0.2) is 50.9 Å². The fourth-order valence-corrected chi connectivity index (χ4v) is 3.97. The molecule has 144 valence electrons. The van der Waals surface area contributed by atoms with Crippen LogP contribution in [-0.2, 0) is 18.8 Å². The summed E-state index contributed by atoms with van der Waals surface area (Å²) < 4.78 is 9.93. The Morgan fingerprint density at radius 3 is 3.11 bits per heavy atom. The van der Waals surface area contributed by atoms with Crippen LogP contribution in [0.5, 0.6) is 0 Å². The SMILES string of the molecule is CC1=CC=CN(N=S)/C1=C\C[C@H]1c2nc[nH]c2CCN1c1nnc(C2CC2)o1. The van der Waals surface area contributed by atoms with E-state index in [1.54, 1.807) is 11.3 Å². The largest absolute Gasteiger partial charge is 0.408 e. The molecule has 1 fully saturated rings. The van der Waals surface area contributed by atoms with Crippen molar-refractivity contribution in [3.05, 3.63) is 59.3 Å². The van der Waals surface area contributed by atoms with Gasteiger partial charge in [0.15, 0.2) is 0 Å². The van der Waals surface area contributed by atoms with Crippen LogP contribution in [0.1, 0.15) is 55.4 Å². The Morgan fingerprint density at radius 2 is 2.29 bits per heavy atom. The van der Waals surface area contributed by atoms with Gasteiger partial charge in [-0.2, -0.15) is 0 Å². The van der Waals surface area contributed by atoms with Crippen LogP contribution in [-0.4, -0.2) is 31.7 Å². The molecule has 1 saturated carbocycles.